The van der Waals surface area contributed by atoms with Crippen LogP contribution in [0.1, 0.15) is 41.1 Å². The van der Waals surface area contributed by atoms with E-state index in [4.69, 9.17) is 23.2 Å². The zero-order valence-corrected chi connectivity index (χ0v) is 23.9. The smallest absolute Gasteiger partial charge is 0.251 e. The SMILES string of the molecule is O=C(NCC(CCN1CCC(Sc2ccccc2)CC1)c1ccc(Cl)c(Cl)c1)c1ccc(F)c2ccccc12. The monoisotopic (exact) mass is 580 g/mol. The lowest BCUT2D eigenvalue weighted by Gasteiger charge is -2.32. The van der Waals surface area contributed by atoms with Crippen LogP contribution in [-0.4, -0.2) is 42.2 Å². The lowest BCUT2D eigenvalue weighted by molar-refractivity contribution is 0.0951. The Balaban J connectivity index is 1.23. The first kappa shape index (κ1) is 28.0. The van der Waals surface area contributed by atoms with Crippen molar-refractivity contribution in [1.82, 2.24) is 10.2 Å². The van der Waals surface area contributed by atoms with E-state index < -0.39 is 0 Å². The number of carbonyl (C=O) groups is 1. The molecule has 1 saturated heterocycles. The van der Waals surface area contributed by atoms with Crippen LogP contribution in [0.2, 0.25) is 10.0 Å². The van der Waals surface area contributed by atoms with Gasteiger partial charge in [0, 0.05) is 33.6 Å². The number of halogens is 3. The van der Waals surface area contributed by atoms with Gasteiger partial charge in [-0.1, -0.05) is 71.7 Å². The Morgan fingerprint density at radius 1 is 0.923 bits per heavy atom. The topological polar surface area (TPSA) is 32.3 Å². The van der Waals surface area contributed by atoms with Crippen molar-refractivity contribution in [2.24, 2.45) is 0 Å². The largest absolute Gasteiger partial charge is 0.351 e. The Kier molecular flexibility index (Phi) is 9.46. The summed E-state index contributed by atoms with van der Waals surface area (Å²) in [6.45, 7) is 3.50. The predicted molar refractivity (Wildman–Crippen MR) is 162 cm³/mol. The maximum absolute atomic E-state index is 14.3. The molecule has 1 aliphatic rings. The number of fused-ring (bicyclic) bond motifs is 1. The van der Waals surface area contributed by atoms with Crippen LogP contribution >= 0.6 is 35.0 Å². The van der Waals surface area contributed by atoms with Gasteiger partial charge in [0.05, 0.1) is 10.0 Å². The van der Waals surface area contributed by atoms with Gasteiger partial charge in [0.25, 0.3) is 5.91 Å². The molecule has 0 aliphatic carbocycles. The van der Waals surface area contributed by atoms with E-state index in [-0.39, 0.29) is 17.6 Å². The summed E-state index contributed by atoms with van der Waals surface area (Å²) in [5, 5.41) is 5.82. The summed E-state index contributed by atoms with van der Waals surface area (Å²) in [4.78, 5) is 17.1. The summed E-state index contributed by atoms with van der Waals surface area (Å²) in [6, 6.07) is 26.3. The second-order valence-corrected chi connectivity index (χ2v) is 12.2. The van der Waals surface area contributed by atoms with Gasteiger partial charge in [0.1, 0.15) is 5.82 Å². The molecular weight excluding hydrogens is 550 g/mol. The number of nitrogens with one attached hydrogen (secondary N) is 1. The summed E-state index contributed by atoms with van der Waals surface area (Å²) in [5.41, 5.74) is 1.51. The first-order chi connectivity index (χ1) is 19.0. The van der Waals surface area contributed by atoms with Crippen molar-refractivity contribution in [3.05, 3.63) is 112 Å². The molecule has 7 heteroatoms. The van der Waals surface area contributed by atoms with Gasteiger partial charge in [-0.25, -0.2) is 4.39 Å². The van der Waals surface area contributed by atoms with E-state index in [1.54, 1.807) is 24.3 Å². The summed E-state index contributed by atoms with van der Waals surface area (Å²) in [5.74, 6) is -0.483. The molecule has 1 fully saturated rings. The van der Waals surface area contributed by atoms with E-state index in [9.17, 15) is 9.18 Å². The molecular formula is C32H31Cl2FN2OS. The van der Waals surface area contributed by atoms with Crippen LogP contribution < -0.4 is 5.32 Å². The van der Waals surface area contributed by atoms with Crippen LogP contribution in [0.4, 0.5) is 4.39 Å². The first-order valence-electron chi connectivity index (χ1n) is 13.3. The second-order valence-electron chi connectivity index (χ2n) is 9.98. The second kappa shape index (κ2) is 13.2. The summed E-state index contributed by atoms with van der Waals surface area (Å²) in [7, 11) is 0. The Labute approximate surface area is 243 Å². The van der Waals surface area contributed by atoms with Crippen LogP contribution in [-0.2, 0) is 0 Å². The van der Waals surface area contributed by atoms with Crippen molar-refractivity contribution >= 4 is 51.6 Å². The number of rotatable bonds is 9. The van der Waals surface area contributed by atoms with E-state index in [1.165, 1.54) is 11.0 Å². The molecule has 1 N–H and O–H groups in total. The highest BCUT2D eigenvalue weighted by Crippen LogP contribution is 2.32. The number of likely N-dealkylation sites (tertiary alicyclic amines) is 1. The third-order valence-electron chi connectivity index (χ3n) is 7.41. The van der Waals surface area contributed by atoms with E-state index in [0.717, 1.165) is 44.5 Å². The van der Waals surface area contributed by atoms with Crippen LogP contribution in [0.3, 0.4) is 0 Å². The molecule has 0 aromatic heterocycles. The molecule has 0 bridgehead atoms. The highest BCUT2D eigenvalue weighted by molar-refractivity contribution is 8.00. The van der Waals surface area contributed by atoms with Crippen LogP contribution in [0, 0.1) is 5.82 Å². The average Bonchev–Trinajstić information content (AvgIpc) is 2.96. The Bertz CT molecular complexity index is 1430. The molecule has 4 aromatic rings. The summed E-state index contributed by atoms with van der Waals surface area (Å²) >= 11 is 14.5. The van der Waals surface area contributed by atoms with Crippen molar-refractivity contribution in [3.8, 4) is 0 Å². The standard InChI is InChI=1S/C32H31Cl2FN2OS/c33-29-12-10-22(20-30(29)34)23(14-17-37-18-15-25(16-19-37)39-24-6-2-1-3-7-24)21-36-32(38)28-11-13-31(35)27-9-5-4-8-26(27)28/h1-13,20,23,25H,14-19,21H2,(H,36,38). The predicted octanol–water partition coefficient (Wildman–Crippen LogP) is 8.45. The molecule has 3 nitrogen and oxygen atoms in total. The Hall–Kier alpha value is -2.57. The number of thioether (sulfide) groups is 1. The lowest BCUT2D eigenvalue weighted by atomic mass is 9.94. The van der Waals surface area contributed by atoms with Gasteiger partial charge in [-0.3, -0.25) is 4.79 Å². The van der Waals surface area contributed by atoms with Gasteiger partial charge in [0.15, 0.2) is 0 Å². The Morgan fingerprint density at radius 2 is 1.64 bits per heavy atom. The molecule has 1 amide bonds. The van der Waals surface area contributed by atoms with E-state index in [2.05, 4.69) is 40.5 Å². The van der Waals surface area contributed by atoms with Crippen molar-refractivity contribution in [3.63, 3.8) is 0 Å². The number of piperidine rings is 1. The third-order valence-corrected chi connectivity index (χ3v) is 9.50. The maximum Gasteiger partial charge on any atom is 0.251 e. The quantitative estimate of drug-likeness (QED) is 0.215. The summed E-state index contributed by atoms with van der Waals surface area (Å²) < 4.78 is 14.3. The number of hydrogen-bond donors (Lipinski definition) is 1. The summed E-state index contributed by atoms with van der Waals surface area (Å²) in [6.07, 6.45) is 3.19. The number of benzene rings is 4. The Morgan fingerprint density at radius 3 is 2.38 bits per heavy atom. The average molecular weight is 582 g/mol. The minimum absolute atomic E-state index is 0.0619. The van der Waals surface area contributed by atoms with E-state index in [1.807, 2.05) is 36.0 Å². The fraction of sp³-hybridized carbons (Fsp3) is 0.281. The van der Waals surface area contributed by atoms with E-state index in [0.29, 0.717) is 38.2 Å². The van der Waals surface area contributed by atoms with Crippen molar-refractivity contribution in [1.29, 1.82) is 0 Å². The molecule has 1 heterocycles. The van der Waals surface area contributed by atoms with Gasteiger partial charge < -0.3 is 10.2 Å². The fourth-order valence-corrected chi connectivity index (χ4v) is 6.66. The van der Waals surface area contributed by atoms with Crippen LogP contribution in [0.25, 0.3) is 10.8 Å². The van der Waals surface area contributed by atoms with Crippen molar-refractivity contribution in [2.75, 3.05) is 26.2 Å². The molecule has 1 aliphatic heterocycles. The third kappa shape index (κ3) is 7.15. The molecule has 0 radical (unpaired) electrons. The zero-order valence-electron chi connectivity index (χ0n) is 21.6. The van der Waals surface area contributed by atoms with Crippen LogP contribution in [0.5, 0.6) is 0 Å². The van der Waals surface area contributed by atoms with Gasteiger partial charge in [-0.2, -0.15) is 0 Å². The van der Waals surface area contributed by atoms with Gasteiger partial charge in [-0.05, 0) is 86.2 Å². The number of nitrogens with zero attached hydrogens (tertiary/aromatic N) is 1. The highest BCUT2D eigenvalue weighted by atomic mass is 35.5. The minimum Gasteiger partial charge on any atom is -0.351 e. The molecule has 5 rings (SSSR count). The van der Waals surface area contributed by atoms with Gasteiger partial charge in [0.2, 0.25) is 0 Å². The maximum atomic E-state index is 14.3. The minimum atomic E-state index is -0.332. The number of carbonyl (C=O) groups excluding carboxylic acids is 1. The van der Waals surface area contributed by atoms with Crippen molar-refractivity contribution in [2.45, 2.75) is 35.3 Å². The highest BCUT2D eigenvalue weighted by Gasteiger charge is 2.22. The van der Waals surface area contributed by atoms with E-state index >= 15 is 0 Å². The van der Waals surface area contributed by atoms with Crippen molar-refractivity contribution < 1.29 is 9.18 Å². The van der Waals surface area contributed by atoms with Crippen LogP contribution in [0.15, 0.2) is 89.8 Å². The molecule has 39 heavy (non-hydrogen) atoms. The zero-order chi connectivity index (χ0) is 27.2. The van der Waals surface area contributed by atoms with Gasteiger partial charge in [-0.15, -0.1) is 11.8 Å². The molecule has 0 spiro atoms. The molecule has 202 valence electrons. The fourth-order valence-electron chi connectivity index (χ4n) is 5.20. The van der Waals surface area contributed by atoms with Gasteiger partial charge >= 0.3 is 0 Å². The normalized spacial score (nSPS) is 15.4. The molecule has 1 atom stereocenters. The number of hydrogen-bond acceptors (Lipinski definition) is 3. The molecule has 1 unspecified atom stereocenters. The molecule has 4 aromatic carbocycles. The lowest BCUT2D eigenvalue weighted by Crippen LogP contribution is -2.37. The number of amides is 1. The molecule has 0 saturated carbocycles. The first-order valence-corrected chi connectivity index (χ1v) is 15.0.